The van der Waals surface area contributed by atoms with E-state index in [0.29, 0.717) is 11.4 Å². The molecule has 1 aromatic carbocycles. The molecule has 1 heterocycles. The van der Waals surface area contributed by atoms with Crippen molar-refractivity contribution < 1.29 is 9.59 Å². The van der Waals surface area contributed by atoms with Crippen LogP contribution in [0, 0.1) is 5.92 Å². The van der Waals surface area contributed by atoms with Gasteiger partial charge in [-0.25, -0.2) is 0 Å². The fourth-order valence-corrected chi connectivity index (χ4v) is 3.36. The Morgan fingerprint density at radius 3 is 2.31 bits per heavy atom. The Labute approximate surface area is 159 Å². The van der Waals surface area contributed by atoms with E-state index in [1.165, 1.54) is 11.3 Å². The van der Waals surface area contributed by atoms with E-state index in [0.717, 1.165) is 5.56 Å². The molecule has 2 N–H and O–H groups in total. The monoisotopic (exact) mass is 373 g/mol. The van der Waals surface area contributed by atoms with E-state index in [1.807, 2.05) is 57.6 Å². The molecule has 1 aromatic heterocycles. The average molecular weight is 374 g/mol. The number of nitrogens with one attached hydrogen (secondary N) is 2. The first-order valence-electron chi connectivity index (χ1n) is 8.73. The van der Waals surface area contributed by atoms with Crippen LogP contribution in [0.4, 0.5) is 0 Å². The summed E-state index contributed by atoms with van der Waals surface area (Å²) in [7, 11) is 3.98. The van der Waals surface area contributed by atoms with Gasteiger partial charge in [-0.15, -0.1) is 11.3 Å². The maximum atomic E-state index is 12.7. The van der Waals surface area contributed by atoms with Crippen molar-refractivity contribution in [1.82, 2.24) is 15.5 Å². The van der Waals surface area contributed by atoms with Crippen LogP contribution in [0.1, 0.15) is 35.1 Å². The van der Waals surface area contributed by atoms with Crippen LogP contribution in [0.15, 0.2) is 47.8 Å². The molecule has 26 heavy (non-hydrogen) atoms. The molecule has 0 spiro atoms. The van der Waals surface area contributed by atoms with Crippen LogP contribution >= 0.6 is 11.3 Å². The molecule has 0 radical (unpaired) electrons. The summed E-state index contributed by atoms with van der Waals surface area (Å²) in [5, 5.41) is 7.71. The molecule has 2 unspecified atom stereocenters. The highest BCUT2D eigenvalue weighted by molar-refractivity contribution is 7.12. The second-order valence-electron chi connectivity index (χ2n) is 6.81. The van der Waals surface area contributed by atoms with Crippen LogP contribution < -0.4 is 10.6 Å². The van der Waals surface area contributed by atoms with Gasteiger partial charge < -0.3 is 15.5 Å². The van der Waals surface area contributed by atoms with Gasteiger partial charge in [0.05, 0.1) is 10.9 Å². The zero-order valence-corrected chi connectivity index (χ0v) is 16.5. The second kappa shape index (κ2) is 9.50. The molecule has 0 bridgehead atoms. The zero-order valence-electron chi connectivity index (χ0n) is 15.7. The summed E-state index contributed by atoms with van der Waals surface area (Å²) in [5.74, 6) is -0.373. The summed E-state index contributed by atoms with van der Waals surface area (Å²) in [6, 6.07) is 13.1. The fraction of sp³-hybridized carbons (Fsp3) is 0.400. The Bertz CT molecular complexity index is 699. The first kappa shape index (κ1) is 20.1. The number of likely N-dealkylation sites (N-methyl/N-ethyl adjacent to an activating group) is 1. The van der Waals surface area contributed by atoms with E-state index in [1.54, 1.807) is 6.07 Å². The first-order valence-corrected chi connectivity index (χ1v) is 9.61. The lowest BCUT2D eigenvalue weighted by atomic mass is 10.0. The smallest absolute Gasteiger partial charge is 0.262 e. The van der Waals surface area contributed by atoms with Crippen molar-refractivity contribution in [2.24, 2.45) is 5.92 Å². The third-order valence-corrected chi connectivity index (χ3v) is 5.13. The lowest BCUT2D eigenvalue weighted by molar-refractivity contribution is -0.124. The van der Waals surface area contributed by atoms with Crippen LogP contribution in [-0.4, -0.2) is 43.4 Å². The van der Waals surface area contributed by atoms with E-state index in [2.05, 4.69) is 27.7 Å². The lowest BCUT2D eigenvalue weighted by Gasteiger charge is -2.27. The third-order valence-electron chi connectivity index (χ3n) is 4.26. The number of hydrogen-bond donors (Lipinski definition) is 2. The molecule has 2 amide bonds. The van der Waals surface area contributed by atoms with Gasteiger partial charge in [0, 0.05) is 6.54 Å². The molecule has 0 saturated heterocycles. The minimum atomic E-state index is -0.566. The number of thiophene rings is 1. The van der Waals surface area contributed by atoms with Crippen molar-refractivity contribution >= 4 is 23.2 Å². The number of rotatable bonds is 8. The molecule has 5 nitrogen and oxygen atoms in total. The molecule has 0 fully saturated rings. The van der Waals surface area contributed by atoms with Gasteiger partial charge in [-0.2, -0.15) is 0 Å². The first-order chi connectivity index (χ1) is 12.4. The average Bonchev–Trinajstić information content (AvgIpc) is 3.14. The predicted octanol–water partition coefficient (Wildman–Crippen LogP) is 2.92. The van der Waals surface area contributed by atoms with Gasteiger partial charge in [0.2, 0.25) is 5.91 Å². The molecule has 0 aliphatic carbocycles. The van der Waals surface area contributed by atoms with Gasteiger partial charge in [0.25, 0.3) is 5.91 Å². The summed E-state index contributed by atoms with van der Waals surface area (Å²) in [6.45, 7) is 4.34. The normalized spacial score (nSPS) is 13.5. The van der Waals surface area contributed by atoms with Crippen molar-refractivity contribution in [2.45, 2.75) is 25.9 Å². The molecule has 140 valence electrons. The molecule has 0 aliphatic heterocycles. The third kappa shape index (κ3) is 5.41. The minimum absolute atomic E-state index is 0.00607. The van der Waals surface area contributed by atoms with Gasteiger partial charge in [0.1, 0.15) is 6.04 Å². The van der Waals surface area contributed by atoms with Gasteiger partial charge in [-0.05, 0) is 37.0 Å². The number of benzene rings is 1. The molecule has 6 heteroatoms. The summed E-state index contributed by atoms with van der Waals surface area (Å²) in [5.41, 5.74) is 1.14. The largest absolute Gasteiger partial charge is 0.352 e. The molecular formula is C20H27N3O2S. The number of carbonyl (C=O) groups excluding carboxylic acids is 2. The molecule has 2 aromatic rings. The van der Waals surface area contributed by atoms with E-state index >= 15 is 0 Å². The van der Waals surface area contributed by atoms with Crippen molar-refractivity contribution in [2.75, 3.05) is 20.6 Å². The Kier molecular flexibility index (Phi) is 7.36. The highest BCUT2D eigenvalue weighted by Crippen LogP contribution is 2.17. The van der Waals surface area contributed by atoms with Crippen molar-refractivity contribution in [3.8, 4) is 0 Å². The lowest BCUT2D eigenvalue weighted by Crippen LogP contribution is -2.50. The van der Waals surface area contributed by atoms with E-state index in [-0.39, 0.29) is 23.8 Å². The van der Waals surface area contributed by atoms with Crippen LogP contribution in [0.2, 0.25) is 0 Å². The quantitative estimate of drug-likeness (QED) is 0.748. The van der Waals surface area contributed by atoms with Crippen LogP contribution in [0.5, 0.6) is 0 Å². The van der Waals surface area contributed by atoms with Crippen molar-refractivity contribution in [1.29, 1.82) is 0 Å². The number of carbonyl (C=O) groups is 2. The fourth-order valence-electron chi connectivity index (χ4n) is 2.74. The molecule has 2 atom stereocenters. The van der Waals surface area contributed by atoms with Gasteiger partial charge in [-0.3, -0.25) is 9.59 Å². The van der Waals surface area contributed by atoms with E-state index < -0.39 is 6.04 Å². The Morgan fingerprint density at radius 2 is 1.77 bits per heavy atom. The maximum Gasteiger partial charge on any atom is 0.262 e. The number of hydrogen-bond acceptors (Lipinski definition) is 4. The van der Waals surface area contributed by atoms with Crippen LogP contribution in [-0.2, 0) is 4.79 Å². The standard InChI is InChI=1S/C20H27N3O2S/c1-14(2)18(22-19(24)17-11-8-12-26-17)20(25)21-13-16(23(3)4)15-9-6-5-7-10-15/h5-12,14,16,18H,13H2,1-4H3,(H,21,25)(H,22,24). The topological polar surface area (TPSA) is 61.4 Å². The van der Waals surface area contributed by atoms with Crippen LogP contribution in [0.3, 0.4) is 0 Å². The van der Waals surface area contributed by atoms with Gasteiger partial charge in [-0.1, -0.05) is 50.2 Å². The Hall–Kier alpha value is -2.18. The highest BCUT2D eigenvalue weighted by Gasteiger charge is 2.26. The number of nitrogens with zero attached hydrogens (tertiary/aromatic N) is 1. The molecule has 0 aliphatic rings. The second-order valence-corrected chi connectivity index (χ2v) is 7.76. The summed E-state index contributed by atoms with van der Waals surface area (Å²) in [4.78, 5) is 27.7. The molecular weight excluding hydrogens is 346 g/mol. The number of amides is 2. The van der Waals surface area contributed by atoms with Crippen LogP contribution in [0.25, 0.3) is 0 Å². The maximum absolute atomic E-state index is 12.7. The van der Waals surface area contributed by atoms with E-state index in [9.17, 15) is 9.59 Å². The van der Waals surface area contributed by atoms with E-state index in [4.69, 9.17) is 0 Å². The van der Waals surface area contributed by atoms with Crippen molar-refractivity contribution in [3.05, 3.63) is 58.3 Å². The zero-order chi connectivity index (χ0) is 19.1. The summed E-state index contributed by atoms with van der Waals surface area (Å²) >= 11 is 1.37. The summed E-state index contributed by atoms with van der Waals surface area (Å²) < 4.78 is 0. The summed E-state index contributed by atoms with van der Waals surface area (Å²) in [6.07, 6.45) is 0. The van der Waals surface area contributed by atoms with Gasteiger partial charge >= 0.3 is 0 Å². The Balaban J connectivity index is 2.01. The SMILES string of the molecule is CC(C)C(NC(=O)c1cccs1)C(=O)NCC(c1ccccc1)N(C)C. The van der Waals surface area contributed by atoms with Gasteiger partial charge in [0.15, 0.2) is 0 Å². The van der Waals surface area contributed by atoms with Crippen molar-refractivity contribution in [3.63, 3.8) is 0 Å². The predicted molar refractivity (Wildman–Crippen MR) is 106 cm³/mol. The molecule has 0 saturated carbocycles. The minimum Gasteiger partial charge on any atom is -0.352 e. The highest BCUT2D eigenvalue weighted by atomic mass is 32.1. The molecule has 2 rings (SSSR count). The Morgan fingerprint density at radius 1 is 1.08 bits per heavy atom.